The predicted molar refractivity (Wildman–Crippen MR) is 161 cm³/mol. The quantitative estimate of drug-likeness (QED) is 0.257. The third-order valence-electron chi connectivity index (χ3n) is 7.11. The van der Waals surface area contributed by atoms with Gasteiger partial charge in [-0.2, -0.15) is 4.99 Å². The second kappa shape index (κ2) is 13.0. The van der Waals surface area contributed by atoms with Crippen LogP contribution in [0.25, 0.3) is 6.08 Å². The number of benzene rings is 4. The highest BCUT2D eigenvalue weighted by atomic mass is 19.1. The lowest BCUT2D eigenvalue weighted by Crippen LogP contribution is -2.36. The molecule has 0 radical (unpaired) electrons. The molecule has 4 aromatic carbocycles. The van der Waals surface area contributed by atoms with Gasteiger partial charge < -0.3 is 19.5 Å². The van der Waals surface area contributed by atoms with Crippen LogP contribution >= 0.6 is 0 Å². The van der Waals surface area contributed by atoms with Crippen molar-refractivity contribution in [3.05, 3.63) is 137 Å². The third-order valence-corrected chi connectivity index (χ3v) is 7.11. The second-order valence-corrected chi connectivity index (χ2v) is 9.91. The van der Waals surface area contributed by atoms with Gasteiger partial charge in [-0.25, -0.2) is 14.1 Å². The summed E-state index contributed by atoms with van der Waals surface area (Å²) in [5, 5.41) is 10.3. The fourth-order valence-electron chi connectivity index (χ4n) is 4.83. The van der Waals surface area contributed by atoms with Gasteiger partial charge in [-0.1, -0.05) is 66.7 Å². The fourth-order valence-corrected chi connectivity index (χ4v) is 4.83. The van der Waals surface area contributed by atoms with Gasteiger partial charge in [0.1, 0.15) is 23.9 Å². The summed E-state index contributed by atoms with van der Waals surface area (Å²) in [6.07, 6.45) is 0.815. The number of carbonyl (C=O) groups excluding carboxylic acids is 1. The second-order valence-electron chi connectivity index (χ2n) is 9.91. The van der Waals surface area contributed by atoms with Crippen LogP contribution < -0.4 is 9.47 Å². The standard InChI is InChI=1S/C34H30FN3O5/c1-37-30(20-23-14-18-27(19-15-23)43-22-25-8-4-3-5-9-25)31(21-24-12-16-26(42-2)17-13-24)38(34(40)41)33(37)36-32(39)28-10-6-7-11-29(28)35/h3-19,21,30H,20,22H2,1-2H3,(H,40,41). The molecule has 1 N–H and O–H groups in total. The summed E-state index contributed by atoms with van der Waals surface area (Å²) in [7, 11) is 3.23. The molecule has 4 aromatic rings. The van der Waals surface area contributed by atoms with Crippen LogP contribution in [0, 0.1) is 5.82 Å². The monoisotopic (exact) mass is 579 g/mol. The molecule has 9 heteroatoms. The van der Waals surface area contributed by atoms with Gasteiger partial charge in [0.15, 0.2) is 0 Å². The van der Waals surface area contributed by atoms with E-state index in [0.717, 1.165) is 27.7 Å². The Hall–Kier alpha value is -5.44. The maximum Gasteiger partial charge on any atom is 0.418 e. The molecule has 5 rings (SSSR count). The normalized spacial score (nSPS) is 16.5. The lowest BCUT2D eigenvalue weighted by atomic mass is 10.0. The van der Waals surface area contributed by atoms with Gasteiger partial charge in [0, 0.05) is 7.05 Å². The van der Waals surface area contributed by atoms with Crippen LogP contribution in [-0.4, -0.2) is 53.1 Å². The minimum atomic E-state index is -1.32. The summed E-state index contributed by atoms with van der Waals surface area (Å²) in [5.41, 5.74) is 2.84. The largest absolute Gasteiger partial charge is 0.497 e. The van der Waals surface area contributed by atoms with Crippen molar-refractivity contribution in [3.8, 4) is 11.5 Å². The van der Waals surface area contributed by atoms with Crippen molar-refractivity contribution in [2.75, 3.05) is 14.2 Å². The first-order valence-corrected chi connectivity index (χ1v) is 13.6. The van der Waals surface area contributed by atoms with E-state index in [4.69, 9.17) is 9.47 Å². The van der Waals surface area contributed by atoms with Crippen molar-refractivity contribution in [2.24, 2.45) is 4.99 Å². The van der Waals surface area contributed by atoms with Crippen molar-refractivity contribution in [1.29, 1.82) is 0 Å². The Morgan fingerprint density at radius 3 is 2.19 bits per heavy atom. The first-order valence-electron chi connectivity index (χ1n) is 13.6. The van der Waals surface area contributed by atoms with Crippen molar-refractivity contribution < 1.29 is 28.6 Å². The van der Waals surface area contributed by atoms with Crippen LogP contribution in [-0.2, 0) is 13.0 Å². The molecule has 1 saturated heterocycles. The number of guanidine groups is 1. The molecule has 0 spiro atoms. The molecule has 0 saturated carbocycles. The number of likely N-dealkylation sites (N-methyl/N-ethyl adjacent to an activating group) is 1. The number of aliphatic imine (C=N–C) groups is 1. The number of halogens is 1. The van der Waals surface area contributed by atoms with Gasteiger partial charge in [-0.3, -0.25) is 4.79 Å². The van der Waals surface area contributed by atoms with Crippen LogP contribution in [0.15, 0.2) is 114 Å². The lowest BCUT2D eigenvalue weighted by molar-refractivity contribution is 0.0996. The maximum absolute atomic E-state index is 14.4. The summed E-state index contributed by atoms with van der Waals surface area (Å²) in [6.45, 7) is 0.434. The van der Waals surface area contributed by atoms with Crippen molar-refractivity contribution in [2.45, 2.75) is 19.1 Å². The molecular formula is C34H30FN3O5. The molecule has 0 aliphatic carbocycles. The number of hydrogen-bond acceptors (Lipinski definition) is 4. The molecule has 1 fully saturated rings. The summed E-state index contributed by atoms with van der Waals surface area (Å²) in [5.74, 6) is -0.376. The van der Waals surface area contributed by atoms with Crippen LogP contribution in [0.3, 0.4) is 0 Å². The fraction of sp³-hybridized carbons (Fsp3) is 0.147. The highest BCUT2D eigenvalue weighted by molar-refractivity contribution is 6.08. The van der Waals surface area contributed by atoms with Gasteiger partial charge in [0.2, 0.25) is 5.96 Å². The highest BCUT2D eigenvalue weighted by Gasteiger charge is 2.42. The number of carboxylic acid groups (broad SMARTS) is 1. The number of carbonyl (C=O) groups is 2. The molecule has 2 amide bonds. The number of methoxy groups -OCH3 is 1. The predicted octanol–water partition coefficient (Wildman–Crippen LogP) is 6.49. The van der Waals surface area contributed by atoms with Crippen LogP contribution in [0.4, 0.5) is 9.18 Å². The van der Waals surface area contributed by atoms with Gasteiger partial charge in [0.05, 0.1) is 24.4 Å². The summed E-state index contributed by atoms with van der Waals surface area (Å²) in [6, 6.07) is 29.5. The SMILES string of the molecule is COc1ccc(C=C2C(Cc3ccc(OCc4ccccc4)cc3)N(C)C(=NC(=O)c3ccccc3F)N2C(=O)O)cc1. The van der Waals surface area contributed by atoms with Crippen molar-refractivity contribution in [1.82, 2.24) is 9.80 Å². The molecule has 43 heavy (non-hydrogen) atoms. The molecule has 218 valence electrons. The zero-order valence-corrected chi connectivity index (χ0v) is 23.7. The number of ether oxygens (including phenoxy) is 2. The average molecular weight is 580 g/mol. The minimum absolute atomic E-state index is 0.117. The number of nitrogens with zero attached hydrogens (tertiary/aromatic N) is 3. The Bertz CT molecular complexity index is 1650. The molecule has 0 bridgehead atoms. The van der Waals surface area contributed by atoms with E-state index in [0.29, 0.717) is 30.2 Å². The van der Waals surface area contributed by atoms with Crippen molar-refractivity contribution >= 4 is 24.0 Å². The van der Waals surface area contributed by atoms with E-state index in [2.05, 4.69) is 4.99 Å². The Balaban J connectivity index is 1.47. The zero-order chi connectivity index (χ0) is 30.3. The Morgan fingerprint density at radius 2 is 1.53 bits per heavy atom. The van der Waals surface area contributed by atoms with Gasteiger partial charge in [-0.15, -0.1) is 0 Å². The van der Waals surface area contributed by atoms with E-state index in [1.54, 1.807) is 49.4 Å². The molecule has 8 nitrogen and oxygen atoms in total. The average Bonchev–Trinajstić information content (AvgIpc) is 3.27. The Morgan fingerprint density at radius 1 is 0.884 bits per heavy atom. The first kappa shape index (κ1) is 29.1. The Labute approximate surface area is 248 Å². The minimum Gasteiger partial charge on any atom is -0.497 e. The van der Waals surface area contributed by atoms with E-state index in [-0.39, 0.29) is 11.5 Å². The molecule has 1 unspecified atom stereocenters. The van der Waals surface area contributed by atoms with Gasteiger partial charge in [0.25, 0.3) is 5.91 Å². The van der Waals surface area contributed by atoms with Gasteiger partial charge >= 0.3 is 6.09 Å². The summed E-state index contributed by atoms with van der Waals surface area (Å²) >= 11 is 0. The van der Waals surface area contributed by atoms with Crippen molar-refractivity contribution in [3.63, 3.8) is 0 Å². The topological polar surface area (TPSA) is 91.7 Å². The van der Waals surface area contributed by atoms with E-state index < -0.39 is 23.9 Å². The lowest BCUT2D eigenvalue weighted by Gasteiger charge is -2.20. The third kappa shape index (κ3) is 6.73. The smallest absolute Gasteiger partial charge is 0.418 e. The summed E-state index contributed by atoms with van der Waals surface area (Å²) in [4.78, 5) is 32.3. The number of hydrogen-bond donors (Lipinski definition) is 1. The first-order chi connectivity index (χ1) is 20.8. The number of rotatable bonds is 8. The number of amides is 2. The van der Waals surface area contributed by atoms with E-state index in [9.17, 15) is 19.1 Å². The van der Waals surface area contributed by atoms with E-state index in [1.807, 2.05) is 54.6 Å². The Kier molecular flexibility index (Phi) is 8.81. The van der Waals surface area contributed by atoms with Crippen LogP contribution in [0.1, 0.15) is 27.0 Å². The van der Waals surface area contributed by atoms with Crippen LogP contribution in [0.5, 0.6) is 11.5 Å². The molecule has 1 aliphatic rings. The molecule has 1 atom stereocenters. The molecule has 0 aromatic heterocycles. The van der Waals surface area contributed by atoms with Gasteiger partial charge in [-0.05, 0) is 65.6 Å². The highest BCUT2D eigenvalue weighted by Crippen LogP contribution is 2.31. The van der Waals surface area contributed by atoms with E-state index >= 15 is 0 Å². The molecular weight excluding hydrogens is 549 g/mol. The molecule has 1 heterocycles. The van der Waals surface area contributed by atoms with Crippen LogP contribution in [0.2, 0.25) is 0 Å². The summed E-state index contributed by atoms with van der Waals surface area (Å²) < 4.78 is 25.5. The molecule has 1 aliphatic heterocycles. The zero-order valence-electron chi connectivity index (χ0n) is 23.7. The maximum atomic E-state index is 14.4. The van der Waals surface area contributed by atoms with E-state index in [1.165, 1.54) is 18.2 Å².